The van der Waals surface area contributed by atoms with Crippen molar-refractivity contribution in [1.82, 2.24) is 30.3 Å². The molecule has 0 aromatic carbocycles. The lowest BCUT2D eigenvalue weighted by Gasteiger charge is -2.35. The van der Waals surface area contributed by atoms with Crippen LogP contribution in [0.5, 0.6) is 0 Å². The van der Waals surface area contributed by atoms with E-state index in [1.807, 2.05) is 32.7 Å². The maximum absolute atomic E-state index is 12.4. The van der Waals surface area contributed by atoms with E-state index in [2.05, 4.69) is 30.4 Å². The zero-order valence-corrected chi connectivity index (χ0v) is 18.9. The number of nitrogens with zero attached hydrogens (tertiary/aromatic N) is 5. The van der Waals surface area contributed by atoms with Gasteiger partial charge in [-0.1, -0.05) is 0 Å². The number of hydrogen-bond acceptors (Lipinski definition) is 5. The Labute approximate surface area is 179 Å². The summed E-state index contributed by atoms with van der Waals surface area (Å²) in [5.41, 5.74) is -0.445. The van der Waals surface area contributed by atoms with Crippen LogP contribution < -0.4 is 5.32 Å². The van der Waals surface area contributed by atoms with Gasteiger partial charge >= 0.3 is 6.09 Å². The highest BCUT2D eigenvalue weighted by Gasteiger charge is 2.28. The minimum absolute atomic E-state index is 0.189. The van der Waals surface area contributed by atoms with Crippen molar-refractivity contribution in [2.24, 2.45) is 10.9 Å². The Morgan fingerprint density at radius 1 is 1.27 bits per heavy atom. The first-order valence-electron chi connectivity index (χ1n) is 11.1. The third-order valence-electron chi connectivity index (χ3n) is 5.83. The van der Waals surface area contributed by atoms with E-state index in [9.17, 15) is 4.79 Å². The molecule has 2 fully saturated rings. The van der Waals surface area contributed by atoms with Crippen molar-refractivity contribution in [1.29, 1.82) is 0 Å². The first kappa shape index (κ1) is 22.4. The zero-order valence-electron chi connectivity index (χ0n) is 18.9. The molecule has 1 atom stereocenters. The number of hydrogen-bond donors (Lipinski definition) is 2. The molecule has 0 aliphatic carbocycles. The molecule has 2 aliphatic heterocycles. The van der Waals surface area contributed by atoms with Gasteiger partial charge in [-0.2, -0.15) is 5.10 Å². The van der Waals surface area contributed by atoms with Gasteiger partial charge in [-0.15, -0.1) is 0 Å². The average Bonchev–Trinajstić information content (AvgIpc) is 3.25. The smallest absolute Gasteiger partial charge is 0.410 e. The van der Waals surface area contributed by atoms with Gasteiger partial charge in [0.25, 0.3) is 0 Å². The van der Waals surface area contributed by atoms with E-state index < -0.39 is 5.60 Å². The number of nitrogens with one attached hydrogen (secondary N) is 2. The molecule has 0 spiro atoms. The van der Waals surface area contributed by atoms with Crippen LogP contribution >= 0.6 is 0 Å². The quantitative estimate of drug-likeness (QED) is 0.575. The minimum Gasteiger partial charge on any atom is -0.444 e. The molecular formula is C21H37N7O2. The normalized spacial score (nSPS) is 21.6. The first-order valence-corrected chi connectivity index (χ1v) is 11.1. The second-order valence-electron chi connectivity index (χ2n) is 9.33. The number of aliphatic imine (C=N–C) groups is 1. The lowest BCUT2D eigenvalue weighted by atomic mass is 9.95. The fourth-order valence-corrected chi connectivity index (χ4v) is 4.29. The van der Waals surface area contributed by atoms with Crippen molar-refractivity contribution < 1.29 is 9.53 Å². The standard InChI is InChI=1S/C21H37N7O2/c1-21(2,3)30-20(29)28-11-5-6-16(14-28)7-10-23-19(22-4)27-12-8-17(9-13-27)18-24-15-25-26-18/h15-17H,5-14H2,1-4H3,(H,22,23)(H,24,25,26). The van der Waals surface area contributed by atoms with Gasteiger partial charge < -0.3 is 19.9 Å². The zero-order chi connectivity index (χ0) is 21.6. The molecule has 168 valence electrons. The molecule has 2 N–H and O–H groups in total. The van der Waals surface area contributed by atoms with Crippen LogP contribution in [0.15, 0.2) is 11.3 Å². The Bertz CT molecular complexity index is 691. The highest BCUT2D eigenvalue weighted by atomic mass is 16.6. The molecule has 3 rings (SSSR count). The molecule has 1 amide bonds. The second-order valence-corrected chi connectivity index (χ2v) is 9.33. The highest BCUT2D eigenvalue weighted by molar-refractivity contribution is 5.80. The van der Waals surface area contributed by atoms with Crippen molar-refractivity contribution >= 4 is 12.1 Å². The summed E-state index contributed by atoms with van der Waals surface area (Å²) in [6, 6.07) is 0. The van der Waals surface area contributed by atoms with Gasteiger partial charge in [0.1, 0.15) is 17.8 Å². The van der Waals surface area contributed by atoms with Crippen molar-refractivity contribution in [3.8, 4) is 0 Å². The molecule has 0 saturated carbocycles. The SMILES string of the molecule is CN=C(NCCC1CCCN(C(=O)OC(C)(C)C)C1)N1CCC(c2ncn[nH]2)CC1. The van der Waals surface area contributed by atoms with Crippen LogP contribution in [0.4, 0.5) is 4.79 Å². The van der Waals surface area contributed by atoms with Crippen LogP contribution in [0.3, 0.4) is 0 Å². The molecule has 1 aromatic heterocycles. The molecule has 0 bridgehead atoms. The molecule has 2 aliphatic rings. The summed E-state index contributed by atoms with van der Waals surface area (Å²) in [4.78, 5) is 25.3. The number of likely N-dealkylation sites (tertiary alicyclic amines) is 2. The third kappa shape index (κ3) is 6.34. The number of ether oxygens (including phenoxy) is 1. The Hall–Kier alpha value is -2.32. The topological polar surface area (TPSA) is 98.7 Å². The number of rotatable bonds is 4. The molecule has 30 heavy (non-hydrogen) atoms. The summed E-state index contributed by atoms with van der Waals surface area (Å²) < 4.78 is 5.54. The van der Waals surface area contributed by atoms with Crippen LogP contribution in [-0.4, -0.2) is 82.4 Å². The fourth-order valence-electron chi connectivity index (χ4n) is 4.29. The van der Waals surface area contributed by atoms with Crippen molar-refractivity contribution in [3.63, 3.8) is 0 Å². The van der Waals surface area contributed by atoms with E-state index in [1.54, 1.807) is 6.33 Å². The minimum atomic E-state index is -0.445. The van der Waals surface area contributed by atoms with E-state index in [4.69, 9.17) is 4.74 Å². The Morgan fingerprint density at radius 2 is 2.03 bits per heavy atom. The van der Waals surface area contributed by atoms with Crippen LogP contribution in [0.2, 0.25) is 0 Å². The molecular weight excluding hydrogens is 382 g/mol. The lowest BCUT2D eigenvalue weighted by Crippen LogP contribution is -2.46. The maximum Gasteiger partial charge on any atom is 0.410 e. The Morgan fingerprint density at radius 3 is 2.67 bits per heavy atom. The number of carbonyl (C=O) groups excluding carboxylic acids is 1. The van der Waals surface area contributed by atoms with Gasteiger partial charge in [0.05, 0.1) is 0 Å². The summed E-state index contributed by atoms with van der Waals surface area (Å²) >= 11 is 0. The van der Waals surface area contributed by atoms with E-state index in [-0.39, 0.29) is 6.09 Å². The number of H-pyrrole nitrogens is 1. The average molecular weight is 420 g/mol. The molecule has 0 radical (unpaired) electrons. The molecule has 3 heterocycles. The summed E-state index contributed by atoms with van der Waals surface area (Å²) in [6.45, 7) is 10.1. The Balaban J connectivity index is 1.40. The van der Waals surface area contributed by atoms with Gasteiger partial charge in [0.15, 0.2) is 5.96 Å². The number of aromatic nitrogens is 3. The van der Waals surface area contributed by atoms with Crippen LogP contribution in [-0.2, 0) is 4.74 Å². The van der Waals surface area contributed by atoms with Gasteiger partial charge in [0, 0.05) is 45.7 Å². The van der Waals surface area contributed by atoms with Crippen molar-refractivity contribution in [2.45, 2.75) is 64.4 Å². The van der Waals surface area contributed by atoms with Crippen LogP contribution in [0.25, 0.3) is 0 Å². The van der Waals surface area contributed by atoms with Crippen molar-refractivity contribution in [2.75, 3.05) is 39.8 Å². The van der Waals surface area contributed by atoms with Gasteiger partial charge in [-0.25, -0.2) is 9.78 Å². The summed E-state index contributed by atoms with van der Waals surface area (Å²) in [5, 5.41) is 10.5. The predicted octanol–water partition coefficient (Wildman–Crippen LogP) is 2.60. The van der Waals surface area contributed by atoms with Gasteiger partial charge in [0.2, 0.25) is 0 Å². The number of guanidine groups is 1. The molecule has 2 saturated heterocycles. The predicted molar refractivity (Wildman–Crippen MR) is 116 cm³/mol. The molecule has 9 heteroatoms. The number of amides is 1. The highest BCUT2D eigenvalue weighted by Crippen LogP contribution is 2.25. The fraction of sp³-hybridized carbons (Fsp3) is 0.810. The van der Waals surface area contributed by atoms with E-state index in [1.165, 1.54) is 0 Å². The van der Waals surface area contributed by atoms with Crippen LogP contribution in [0, 0.1) is 5.92 Å². The summed E-state index contributed by atoms with van der Waals surface area (Å²) in [7, 11) is 1.84. The largest absolute Gasteiger partial charge is 0.444 e. The number of carbonyl (C=O) groups is 1. The Kier molecular flexibility index (Phi) is 7.55. The summed E-state index contributed by atoms with van der Waals surface area (Å²) in [5.74, 6) is 2.90. The number of piperidine rings is 2. The monoisotopic (exact) mass is 419 g/mol. The van der Waals surface area contributed by atoms with Crippen LogP contribution in [0.1, 0.15) is 64.6 Å². The number of aromatic amines is 1. The molecule has 9 nitrogen and oxygen atoms in total. The second kappa shape index (κ2) is 10.1. The third-order valence-corrected chi connectivity index (χ3v) is 5.83. The van der Waals surface area contributed by atoms with Gasteiger partial charge in [-0.05, 0) is 58.8 Å². The van der Waals surface area contributed by atoms with E-state index >= 15 is 0 Å². The molecule has 1 aromatic rings. The molecule has 1 unspecified atom stereocenters. The maximum atomic E-state index is 12.4. The van der Waals surface area contributed by atoms with Gasteiger partial charge in [-0.3, -0.25) is 10.1 Å². The van der Waals surface area contributed by atoms with E-state index in [0.29, 0.717) is 11.8 Å². The lowest BCUT2D eigenvalue weighted by molar-refractivity contribution is 0.0162. The van der Waals surface area contributed by atoms with E-state index in [0.717, 1.165) is 76.6 Å². The first-order chi connectivity index (χ1) is 14.4. The van der Waals surface area contributed by atoms with Crippen molar-refractivity contribution in [3.05, 3.63) is 12.2 Å². The summed E-state index contributed by atoms with van der Waals surface area (Å²) in [6.07, 6.45) is 6.69.